The Balaban J connectivity index is 1.72. The quantitative estimate of drug-likeness (QED) is 0.704. The van der Waals surface area contributed by atoms with Crippen molar-refractivity contribution in [3.8, 4) is 0 Å². The van der Waals surface area contributed by atoms with Crippen molar-refractivity contribution in [2.75, 3.05) is 18.4 Å². The number of nitrogens with one attached hydrogen (secondary N) is 1. The number of hydrogen-bond acceptors (Lipinski definition) is 3. The van der Waals surface area contributed by atoms with Gasteiger partial charge in [-0.05, 0) is 18.1 Å². The van der Waals surface area contributed by atoms with E-state index in [9.17, 15) is 4.79 Å². The van der Waals surface area contributed by atoms with Crippen LogP contribution in [0.15, 0.2) is 61.4 Å². The fraction of sp³-hybridized carbons (Fsp3) is 0.211. The lowest BCUT2D eigenvalue weighted by atomic mass is 10.1. The highest BCUT2D eigenvalue weighted by Crippen LogP contribution is 2.20. The summed E-state index contributed by atoms with van der Waals surface area (Å²) in [4.78, 5) is 18.7. The van der Waals surface area contributed by atoms with Gasteiger partial charge in [0.2, 0.25) is 0 Å². The smallest absolute Gasteiger partial charge is 0.320 e. The second-order valence-electron chi connectivity index (χ2n) is 5.76. The van der Waals surface area contributed by atoms with Gasteiger partial charge >= 0.3 is 6.03 Å². The van der Waals surface area contributed by atoms with Crippen molar-refractivity contribution in [2.45, 2.75) is 6.42 Å². The fourth-order valence-corrected chi connectivity index (χ4v) is 2.69. The molecular weight excluding hydrogens is 314 g/mol. The van der Waals surface area contributed by atoms with E-state index in [1.807, 2.05) is 25.2 Å². The molecule has 0 aliphatic rings. The third-order valence-electron chi connectivity index (χ3n) is 4.03. The van der Waals surface area contributed by atoms with Gasteiger partial charge in [-0.2, -0.15) is 5.10 Å². The van der Waals surface area contributed by atoms with Crippen LogP contribution in [0.1, 0.15) is 5.56 Å². The summed E-state index contributed by atoms with van der Waals surface area (Å²) in [5.74, 6) is 0. The molecule has 2 amide bonds. The topological polar surface area (TPSA) is 63.1 Å². The minimum Gasteiger partial charge on any atom is -0.320 e. The predicted molar refractivity (Wildman–Crippen MR) is 99.4 cm³/mol. The van der Waals surface area contributed by atoms with Gasteiger partial charge in [0, 0.05) is 26.3 Å². The van der Waals surface area contributed by atoms with Crippen molar-refractivity contribution in [3.05, 3.63) is 67.0 Å². The number of rotatable bonds is 6. The number of aromatic nitrogens is 3. The van der Waals surface area contributed by atoms with Crippen LogP contribution in [0.5, 0.6) is 0 Å². The number of carbonyl (C=O) groups is 1. The average molecular weight is 335 g/mol. The van der Waals surface area contributed by atoms with E-state index >= 15 is 0 Å². The Kier molecular flexibility index (Phi) is 5.09. The average Bonchev–Trinajstić information content (AvgIpc) is 3.02. The molecule has 0 saturated heterocycles. The van der Waals surface area contributed by atoms with Crippen LogP contribution in [-0.2, 0) is 13.5 Å². The van der Waals surface area contributed by atoms with Crippen LogP contribution in [0, 0.1) is 0 Å². The number of hydrogen-bond donors (Lipinski definition) is 1. The predicted octanol–water partition coefficient (Wildman–Crippen LogP) is 3.23. The number of benzene rings is 1. The normalized spacial score (nSPS) is 10.6. The molecule has 3 aromatic rings. The highest BCUT2D eigenvalue weighted by Gasteiger charge is 2.15. The van der Waals surface area contributed by atoms with E-state index in [2.05, 4.69) is 34.1 Å². The monoisotopic (exact) mass is 335 g/mol. The van der Waals surface area contributed by atoms with E-state index in [1.165, 1.54) is 5.56 Å². The van der Waals surface area contributed by atoms with Crippen LogP contribution >= 0.6 is 0 Å². The van der Waals surface area contributed by atoms with Crippen molar-refractivity contribution < 1.29 is 4.79 Å². The van der Waals surface area contributed by atoms with E-state index in [4.69, 9.17) is 0 Å². The highest BCUT2D eigenvalue weighted by molar-refractivity contribution is 5.99. The van der Waals surface area contributed by atoms with Gasteiger partial charge in [0.05, 0.1) is 17.3 Å². The number of fused-ring (bicyclic) bond motifs is 1. The Bertz CT molecular complexity index is 872. The zero-order chi connectivity index (χ0) is 17.6. The largest absolute Gasteiger partial charge is 0.322 e. The number of urea groups is 1. The molecule has 25 heavy (non-hydrogen) atoms. The van der Waals surface area contributed by atoms with Crippen molar-refractivity contribution in [1.29, 1.82) is 0 Å². The molecule has 0 radical (unpaired) electrons. The first-order chi connectivity index (χ1) is 12.2. The van der Waals surface area contributed by atoms with Gasteiger partial charge in [0.25, 0.3) is 0 Å². The first-order valence-electron chi connectivity index (χ1n) is 8.16. The van der Waals surface area contributed by atoms with E-state index in [-0.39, 0.29) is 6.03 Å². The van der Waals surface area contributed by atoms with Gasteiger partial charge in [-0.15, -0.1) is 6.58 Å². The summed E-state index contributed by atoms with van der Waals surface area (Å²) in [5, 5.41) is 7.98. The summed E-state index contributed by atoms with van der Waals surface area (Å²) in [6, 6.07) is 11.7. The molecule has 0 atom stereocenters. The number of aryl methyl sites for hydroxylation is 1. The van der Waals surface area contributed by atoms with Crippen molar-refractivity contribution >= 4 is 22.8 Å². The van der Waals surface area contributed by atoms with Crippen LogP contribution < -0.4 is 5.32 Å². The number of carbonyl (C=O) groups excluding carboxylic acids is 1. The van der Waals surface area contributed by atoms with E-state index in [0.29, 0.717) is 18.8 Å². The van der Waals surface area contributed by atoms with Gasteiger partial charge in [-0.3, -0.25) is 4.68 Å². The molecule has 6 nitrogen and oxygen atoms in total. The molecule has 0 unspecified atom stereocenters. The molecule has 0 saturated carbocycles. The fourth-order valence-electron chi connectivity index (χ4n) is 2.69. The van der Waals surface area contributed by atoms with Crippen molar-refractivity contribution in [2.24, 2.45) is 7.05 Å². The first-order valence-corrected chi connectivity index (χ1v) is 8.16. The number of nitrogens with zero attached hydrogens (tertiary/aromatic N) is 4. The maximum absolute atomic E-state index is 12.7. The molecule has 2 heterocycles. The minimum atomic E-state index is -0.160. The number of pyridine rings is 1. The third kappa shape index (κ3) is 3.85. The van der Waals surface area contributed by atoms with Gasteiger partial charge in [0.1, 0.15) is 0 Å². The Hall–Kier alpha value is -3.15. The third-order valence-corrected chi connectivity index (χ3v) is 4.03. The Morgan fingerprint density at radius 3 is 2.88 bits per heavy atom. The summed E-state index contributed by atoms with van der Waals surface area (Å²) in [6.07, 6.45) is 5.90. The molecule has 0 bridgehead atoms. The Labute approximate surface area is 146 Å². The molecule has 0 aliphatic heterocycles. The second-order valence-corrected chi connectivity index (χ2v) is 5.76. The van der Waals surface area contributed by atoms with E-state index in [1.54, 1.807) is 34.1 Å². The maximum Gasteiger partial charge on any atom is 0.322 e. The van der Waals surface area contributed by atoms with Crippen LogP contribution in [-0.4, -0.2) is 38.8 Å². The molecule has 1 aromatic carbocycles. The van der Waals surface area contributed by atoms with Gasteiger partial charge in [-0.1, -0.05) is 36.4 Å². The molecule has 6 heteroatoms. The summed E-state index contributed by atoms with van der Waals surface area (Å²) < 4.78 is 1.68. The lowest BCUT2D eigenvalue weighted by Gasteiger charge is -2.22. The van der Waals surface area contributed by atoms with Gasteiger partial charge < -0.3 is 10.2 Å². The lowest BCUT2D eigenvalue weighted by molar-refractivity contribution is 0.218. The molecule has 1 N–H and O–H groups in total. The molecule has 0 fully saturated rings. The Morgan fingerprint density at radius 2 is 2.12 bits per heavy atom. The van der Waals surface area contributed by atoms with Crippen LogP contribution in [0.4, 0.5) is 10.5 Å². The highest BCUT2D eigenvalue weighted by atomic mass is 16.2. The van der Waals surface area contributed by atoms with Crippen LogP contribution in [0.25, 0.3) is 11.0 Å². The SMILES string of the molecule is C=CCN(CCc1ccccc1)C(=O)Nc1ccnc2c1cnn2C. The van der Waals surface area contributed by atoms with E-state index in [0.717, 1.165) is 17.5 Å². The first kappa shape index (κ1) is 16.7. The van der Waals surface area contributed by atoms with Crippen LogP contribution in [0.3, 0.4) is 0 Å². The molecule has 0 spiro atoms. The second kappa shape index (κ2) is 7.61. The molecule has 2 aromatic heterocycles. The summed E-state index contributed by atoms with van der Waals surface area (Å²) >= 11 is 0. The van der Waals surface area contributed by atoms with Crippen molar-refractivity contribution in [1.82, 2.24) is 19.7 Å². The summed E-state index contributed by atoms with van der Waals surface area (Å²) in [6.45, 7) is 4.85. The lowest BCUT2D eigenvalue weighted by Crippen LogP contribution is -2.36. The molecule has 0 aliphatic carbocycles. The molecule has 128 valence electrons. The van der Waals surface area contributed by atoms with Gasteiger partial charge in [-0.25, -0.2) is 9.78 Å². The maximum atomic E-state index is 12.7. The zero-order valence-corrected chi connectivity index (χ0v) is 14.2. The standard InChI is InChI=1S/C19H21N5O/c1-3-12-24(13-10-15-7-5-4-6-8-15)19(25)22-17-9-11-20-18-16(17)14-21-23(18)2/h3-9,11,14H,1,10,12-13H2,2H3,(H,20,22,25). The van der Waals surface area contributed by atoms with Crippen LogP contribution in [0.2, 0.25) is 0 Å². The minimum absolute atomic E-state index is 0.160. The summed E-state index contributed by atoms with van der Waals surface area (Å²) in [5.41, 5.74) is 2.64. The van der Waals surface area contributed by atoms with E-state index < -0.39 is 0 Å². The Morgan fingerprint density at radius 1 is 1.32 bits per heavy atom. The number of anilines is 1. The zero-order valence-electron chi connectivity index (χ0n) is 14.2. The van der Waals surface area contributed by atoms with Crippen molar-refractivity contribution in [3.63, 3.8) is 0 Å². The summed E-state index contributed by atoms with van der Waals surface area (Å²) in [7, 11) is 1.82. The molecule has 3 rings (SSSR count). The number of amides is 2. The van der Waals surface area contributed by atoms with Gasteiger partial charge in [0.15, 0.2) is 5.65 Å². The molecular formula is C19H21N5O.